The highest BCUT2D eigenvalue weighted by Gasteiger charge is 2.16. The van der Waals surface area contributed by atoms with Gasteiger partial charge in [-0.1, -0.05) is 49.4 Å². The Hall–Kier alpha value is -2.42. The molecule has 0 spiro atoms. The second kappa shape index (κ2) is 9.02. The molecule has 0 fully saturated rings. The number of hydrogen-bond acceptors (Lipinski definition) is 3. The number of methoxy groups -OCH3 is 2. The van der Waals surface area contributed by atoms with Crippen molar-refractivity contribution in [3.05, 3.63) is 65.7 Å². The third-order valence-corrected chi connectivity index (χ3v) is 4.01. The van der Waals surface area contributed by atoms with Crippen LogP contribution in [0, 0.1) is 0 Å². The zero-order chi connectivity index (χ0) is 17.4. The third kappa shape index (κ3) is 4.54. The van der Waals surface area contributed by atoms with Crippen LogP contribution < -0.4 is 14.2 Å². The van der Waals surface area contributed by atoms with Crippen molar-refractivity contribution < 1.29 is 14.2 Å². The standard InChI is InChI=1S/C21H26O3/c1-5-6-10-16(2)18-13-20(22-3)21(23-4)14-19(18)24-15-17-11-8-7-9-12-17/h5-9,11-14,16H,10,15H2,1-4H3/b6-5+. The molecule has 3 heteroatoms. The zero-order valence-corrected chi connectivity index (χ0v) is 14.9. The summed E-state index contributed by atoms with van der Waals surface area (Å²) in [6, 6.07) is 14.1. The van der Waals surface area contributed by atoms with Gasteiger partial charge in [0.25, 0.3) is 0 Å². The average Bonchev–Trinajstić information content (AvgIpc) is 2.64. The predicted octanol–water partition coefficient (Wildman–Crippen LogP) is 5.35. The lowest BCUT2D eigenvalue weighted by molar-refractivity contribution is 0.295. The van der Waals surface area contributed by atoms with E-state index in [0.29, 0.717) is 18.3 Å². The fourth-order valence-corrected chi connectivity index (χ4v) is 2.59. The fourth-order valence-electron chi connectivity index (χ4n) is 2.59. The molecule has 0 aliphatic carbocycles. The highest BCUT2D eigenvalue weighted by molar-refractivity contribution is 5.52. The van der Waals surface area contributed by atoms with Gasteiger partial charge in [0.15, 0.2) is 11.5 Å². The van der Waals surface area contributed by atoms with E-state index >= 15 is 0 Å². The van der Waals surface area contributed by atoms with Crippen LogP contribution in [0.3, 0.4) is 0 Å². The topological polar surface area (TPSA) is 27.7 Å². The van der Waals surface area contributed by atoms with Crippen LogP contribution >= 0.6 is 0 Å². The van der Waals surface area contributed by atoms with Crippen LogP contribution in [0.1, 0.15) is 37.3 Å². The largest absolute Gasteiger partial charge is 0.493 e. The first-order valence-electron chi connectivity index (χ1n) is 8.23. The number of allylic oxidation sites excluding steroid dienone is 2. The molecule has 0 bridgehead atoms. The van der Waals surface area contributed by atoms with Crippen LogP contribution in [0.2, 0.25) is 0 Å². The van der Waals surface area contributed by atoms with Gasteiger partial charge in [0.05, 0.1) is 14.2 Å². The van der Waals surface area contributed by atoms with E-state index in [1.165, 1.54) is 0 Å². The number of benzene rings is 2. The van der Waals surface area contributed by atoms with E-state index in [1.54, 1.807) is 14.2 Å². The third-order valence-electron chi connectivity index (χ3n) is 4.01. The molecular formula is C21H26O3. The van der Waals surface area contributed by atoms with E-state index in [9.17, 15) is 0 Å². The maximum absolute atomic E-state index is 6.11. The van der Waals surface area contributed by atoms with E-state index in [4.69, 9.17) is 14.2 Å². The minimum absolute atomic E-state index is 0.326. The van der Waals surface area contributed by atoms with E-state index in [-0.39, 0.29) is 0 Å². The molecule has 0 saturated heterocycles. The molecule has 0 heterocycles. The summed E-state index contributed by atoms with van der Waals surface area (Å²) in [5.74, 6) is 2.58. The lowest BCUT2D eigenvalue weighted by Crippen LogP contribution is -2.03. The van der Waals surface area contributed by atoms with Crippen LogP contribution in [-0.4, -0.2) is 14.2 Å². The van der Waals surface area contributed by atoms with E-state index in [0.717, 1.165) is 29.0 Å². The first kappa shape index (κ1) is 17.9. The van der Waals surface area contributed by atoms with Crippen LogP contribution in [-0.2, 0) is 6.61 Å². The van der Waals surface area contributed by atoms with E-state index < -0.39 is 0 Å². The van der Waals surface area contributed by atoms with E-state index in [1.807, 2.05) is 37.3 Å². The molecule has 1 atom stereocenters. The Balaban J connectivity index is 2.31. The van der Waals surface area contributed by atoms with Crippen molar-refractivity contribution in [3.8, 4) is 17.2 Å². The molecule has 0 aliphatic heterocycles. The molecule has 0 saturated carbocycles. The molecular weight excluding hydrogens is 300 g/mol. The van der Waals surface area contributed by atoms with Crippen LogP contribution in [0.4, 0.5) is 0 Å². The average molecular weight is 326 g/mol. The molecule has 3 nitrogen and oxygen atoms in total. The van der Waals surface area contributed by atoms with Crippen molar-refractivity contribution in [2.75, 3.05) is 14.2 Å². The first-order chi connectivity index (χ1) is 11.7. The maximum Gasteiger partial charge on any atom is 0.164 e. The Morgan fingerprint density at radius 3 is 2.25 bits per heavy atom. The number of ether oxygens (including phenoxy) is 3. The van der Waals surface area contributed by atoms with Gasteiger partial charge >= 0.3 is 0 Å². The molecule has 24 heavy (non-hydrogen) atoms. The Morgan fingerprint density at radius 1 is 0.958 bits per heavy atom. The van der Waals surface area contributed by atoms with Gasteiger partial charge in [0.1, 0.15) is 12.4 Å². The molecule has 128 valence electrons. The van der Waals surface area contributed by atoms with Gasteiger partial charge < -0.3 is 14.2 Å². The highest BCUT2D eigenvalue weighted by Crippen LogP contribution is 2.39. The van der Waals surface area contributed by atoms with Crippen molar-refractivity contribution >= 4 is 0 Å². The second-order valence-corrected chi connectivity index (χ2v) is 5.73. The van der Waals surface area contributed by atoms with Crippen LogP contribution in [0.25, 0.3) is 0 Å². The normalized spacial score (nSPS) is 12.2. The monoisotopic (exact) mass is 326 g/mol. The summed E-state index contributed by atoms with van der Waals surface area (Å²) >= 11 is 0. The summed E-state index contributed by atoms with van der Waals surface area (Å²) in [5, 5.41) is 0. The Morgan fingerprint density at radius 2 is 1.62 bits per heavy atom. The summed E-state index contributed by atoms with van der Waals surface area (Å²) in [5.41, 5.74) is 2.26. The van der Waals surface area contributed by atoms with Crippen molar-refractivity contribution in [1.29, 1.82) is 0 Å². The van der Waals surface area contributed by atoms with Gasteiger partial charge in [-0.15, -0.1) is 0 Å². The van der Waals surface area contributed by atoms with Gasteiger partial charge in [-0.05, 0) is 30.9 Å². The molecule has 0 aliphatic rings. The van der Waals surface area contributed by atoms with Gasteiger partial charge in [0.2, 0.25) is 0 Å². The van der Waals surface area contributed by atoms with Crippen LogP contribution in [0.15, 0.2) is 54.6 Å². The van der Waals surface area contributed by atoms with Crippen molar-refractivity contribution in [2.24, 2.45) is 0 Å². The molecule has 2 aromatic carbocycles. The quantitative estimate of drug-likeness (QED) is 0.612. The number of hydrogen-bond donors (Lipinski definition) is 0. The van der Waals surface area contributed by atoms with Crippen molar-refractivity contribution in [1.82, 2.24) is 0 Å². The molecule has 2 aromatic rings. The summed E-state index contributed by atoms with van der Waals surface area (Å²) in [6.45, 7) is 4.75. The lowest BCUT2D eigenvalue weighted by atomic mass is 9.96. The summed E-state index contributed by atoms with van der Waals surface area (Å²) in [7, 11) is 3.30. The van der Waals surface area contributed by atoms with E-state index in [2.05, 4.69) is 31.2 Å². The van der Waals surface area contributed by atoms with Crippen LogP contribution in [0.5, 0.6) is 17.2 Å². The molecule has 2 rings (SSSR count). The van der Waals surface area contributed by atoms with Gasteiger partial charge in [-0.2, -0.15) is 0 Å². The summed E-state index contributed by atoms with van der Waals surface area (Å²) < 4.78 is 17.0. The highest BCUT2D eigenvalue weighted by atomic mass is 16.5. The van der Waals surface area contributed by atoms with Gasteiger partial charge in [-0.3, -0.25) is 0 Å². The van der Waals surface area contributed by atoms with Gasteiger partial charge in [0, 0.05) is 11.6 Å². The van der Waals surface area contributed by atoms with Crippen molar-refractivity contribution in [2.45, 2.75) is 32.8 Å². The summed E-state index contributed by atoms with van der Waals surface area (Å²) in [4.78, 5) is 0. The Kier molecular flexibility index (Phi) is 6.74. The first-order valence-corrected chi connectivity index (χ1v) is 8.23. The minimum Gasteiger partial charge on any atom is -0.493 e. The molecule has 0 amide bonds. The number of rotatable bonds is 8. The summed E-state index contributed by atoms with van der Waals surface area (Å²) in [6.07, 6.45) is 5.19. The maximum atomic E-state index is 6.11. The van der Waals surface area contributed by atoms with Crippen molar-refractivity contribution in [3.63, 3.8) is 0 Å². The predicted molar refractivity (Wildman–Crippen MR) is 98.2 cm³/mol. The molecule has 1 unspecified atom stereocenters. The molecule has 0 radical (unpaired) electrons. The Labute approximate surface area is 144 Å². The molecule has 0 aromatic heterocycles. The SMILES string of the molecule is C/C=C/CC(C)c1cc(OC)c(OC)cc1OCc1ccccc1. The lowest BCUT2D eigenvalue weighted by Gasteiger charge is -2.19. The second-order valence-electron chi connectivity index (χ2n) is 5.73. The fraction of sp³-hybridized carbons (Fsp3) is 0.333. The zero-order valence-electron chi connectivity index (χ0n) is 14.9. The molecule has 0 N–H and O–H groups in total. The van der Waals surface area contributed by atoms with Gasteiger partial charge in [-0.25, -0.2) is 0 Å². The smallest absolute Gasteiger partial charge is 0.164 e. The Bertz CT molecular complexity index is 662. The minimum atomic E-state index is 0.326.